The maximum atomic E-state index is 2.35. The van der Waals surface area contributed by atoms with E-state index in [1.165, 1.54) is 47.8 Å². The third-order valence-corrected chi connectivity index (χ3v) is 6.88. The van der Waals surface area contributed by atoms with Crippen LogP contribution in [-0.2, 0) is 4.75 Å². The number of aryl methyl sites for hydroxylation is 1. The van der Waals surface area contributed by atoms with Gasteiger partial charge in [-0.25, -0.2) is 0 Å². The van der Waals surface area contributed by atoms with Crippen LogP contribution in [0.5, 0.6) is 0 Å². The molecule has 1 aliphatic heterocycles. The van der Waals surface area contributed by atoms with Crippen molar-refractivity contribution in [3.63, 3.8) is 0 Å². The summed E-state index contributed by atoms with van der Waals surface area (Å²) in [5.41, 5.74) is 2.90. The fourth-order valence-electron chi connectivity index (χ4n) is 2.57. The molecule has 1 unspecified atom stereocenters. The molecule has 1 heterocycles. The maximum absolute atomic E-state index is 2.35. The van der Waals surface area contributed by atoms with Crippen molar-refractivity contribution in [2.45, 2.75) is 24.5 Å². The van der Waals surface area contributed by atoms with E-state index in [0.29, 0.717) is 4.75 Å². The minimum atomic E-state index is 0.354. The van der Waals surface area contributed by atoms with Gasteiger partial charge in [-0.1, -0.05) is 29.8 Å². The van der Waals surface area contributed by atoms with E-state index in [2.05, 4.69) is 73.7 Å². The number of benzene rings is 1. The van der Waals surface area contributed by atoms with Crippen LogP contribution in [0.15, 0.2) is 24.3 Å². The van der Waals surface area contributed by atoms with Crippen molar-refractivity contribution in [2.24, 2.45) is 0 Å². The van der Waals surface area contributed by atoms with Crippen molar-refractivity contribution < 1.29 is 0 Å². The van der Waals surface area contributed by atoms with Crippen molar-refractivity contribution >= 4 is 23.5 Å². The van der Waals surface area contributed by atoms with Crippen LogP contribution in [0.1, 0.15) is 24.0 Å². The fraction of sp³-hybridized carbons (Fsp3) is 0.625. The molecule has 3 heteroatoms. The molecule has 0 aliphatic carbocycles. The zero-order chi connectivity index (χ0) is 13.7. The average Bonchev–Trinajstić information content (AvgIpc) is 2.40. The van der Waals surface area contributed by atoms with E-state index in [4.69, 9.17) is 0 Å². The lowest BCUT2D eigenvalue weighted by Gasteiger charge is -2.37. The monoisotopic (exact) mass is 295 g/mol. The molecule has 1 fully saturated rings. The van der Waals surface area contributed by atoms with Crippen molar-refractivity contribution in [1.82, 2.24) is 4.90 Å². The molecule has 2 rings (SSSR count). The quantitative estimate of drug-likeness (QED) is 0.808. The summed E-state index contributed by atoms with van der Waals surface area (Å²) in [5.74, 6) is 3.88. The number of nitrogens with zero attached hydrogens (tertiary/aromatic N) is 1. The molecule has 1 nitrogen and oxygen atoms in total. The van der Waals surface area contributed by atoms with Crippen LogP contribution in [-0.4, -0.2) is 42.8 Å². The molecule has 0 radical (unpaired) electrons. The third kappa shape index (κ3) is 4.17. The van der Waals surface area contributed by atoms with Gasteiger partial charge in [0.1, 0.15) is 0 Å². The highest BCUT2D eigenvalue weighted by molar-refractivity contribution is 8.06. The first-order valence-corrected chi connectivity index (χ1v) is 9.20. The first-order valence-electron chi connectivity index (χ1n) is 7.06. The fourth-order valence-corrected chi connectivity index (χ4v) is 5.72. The Morgan fingerprint density at radius 1 is 1.16 bits per heavy atom. The van der Waals surface area contributed by atoms with E-state index in [9.17, 15) is 0 Å². The number of thioether (sulfide) groups is 2. The minimum Gasteiger partial charge on any atom is -0.309 e. The zero-order valence-electron chi connectivity index (χ0n) is 12.3. The second-order valence-electron chi connectivity index (χ2n) is 5.67. The van der Waals surface area contributed by atoms with Gasteiger partial charge < -0.3 is 4.90 Å². The SMILES string of the molecule is Cc1ccc(C2(CCCN(C)C)CSCCS2)cc1. The highest BCUT2D eigenvalue weighted by Gasteiger charge is 2.34. The topological polar surface area (TPSA) is 3.24 Å². The van der Waals surface area contributed by atoms with Gasteiger partial charge in [0, 0.05) is 22.0 Å². The van der Waals surface area contributed by atoms with E-state index < -0.39 is 0 Å². The molecule has 0 spiro atoms. The maximum Gasteiger partial charge on any atom is 0.0499 e. The van der Waals surface area contributed by atoms with Gasteiger partial charge in [0.25, 0.3) is 0 Å². The Balaban J connectivity index is 2.11. The molecule has 0 bridgehead atoms. The first kappa shape index (κ1) is 15.3. The lowest BCUT2D eigenvalue weighted by molar-refractivity contribution is 0.383. The molecule has 106 valence electrons. The lowest BCUT2D eigenvalue weighted by Crippen LogP contribution is -2.30. The molecule has 0 aromatic heterocycles. The second-order valence-corrected chi connectivity index (χ2v) is 8.25. The van der Waals surface area contributed by atoms with E-state index in [-0.39, 0.29) is 0 Å². The summed E-state index contributed by atoms with van der Waals surface area (Å²) in [4.78, 5) is 2.30. The van der Waals surface area contributed by atoms with Crippen LogP contribution in [0.2, 0.25) is 0 Å². The summed E-state index contributed by atoms with van der Waals surface area (Å²) in [7, 11) is 4.34. The Morgan fingerprint density at radius 2 is 1.89 bits per heavy atom. The normalized spacial score (nSPS) is 23.8. The summed E-state index contributed by atoms with van der Waals surface area (Å²) < 4.78 is 0.354. The molecule has 0 N–H and O–H groups in total. The molecule has 1 aromatic carbocycles. The zero-order valence-corrected chi connectivity index (χ0v) is 13.9. The van der Waals surface area contributed by atoms with Gasteiger partial charge in [0.05, 0.1) is 0 Å². The molecular weight excluding hydrogens is 270 g/mol. The van der Waals surface area contributed by atoms with Crippen LogP contribution in [0.3, 0.4) is 0 Å². The number of rotatable bonds is 5. The van der Waals surface area contributed by atoms with Crippen molar-refractivity contribution in [2.75, 3.05) is 37.9 Å². The van der Waals surface area contributed by atoms with Crippen LogP contribution < -0.4 is 0 Å². The lowest BCUT2D eigenvalue weighted by atomic mass is 9.94. The van der Waals surface area contributed by atoms with Gasteiger partial charge in [-0.3, -0.25) is 0 Å². The molecule has 1 aliphatic rings. The third-order valence-electron chi connectivity index (χ3n) is 3.70. The predicted octanol–water partition coefficient (Wildman–Crippen LogP) is 4.01. The second kappa shape index (κ2) is 7.05. The Hall–Kier alpha value is -0.120. The van der Waals surface area contributed by atoms with E-state index >= 15 is 0 Å². The van der Waals surface area contributed by atoms with Gasteiger partial charge >= 0.3 is 0 Å². The standard InChI is InChI=1S/C16H25NS2/c1-14-5-7-15(8-6-14)16(9-4-10-17(2)3)13-18-11-12-19-16/h5-8H,4,9-13H2,1-3H3. The van der Waals surface area contributed by atoms with Gasteiger partial charge in [0.2, 0.25) is 0 Å². The Morgan fingerprint density at radius 3 is 2.47 bits per heavy atom. The Bertz CT molecular complexity index is 380. The Kier molecular flexibility index (Phi) is 5.67. The van der Waals surface area contributed by atoms with Crippen LogP contribution >= 0.6 is 23.5 Å². The van der Waals surface area contributed by atoms with E-state index in [1.807, 2.05) is 0 Å². The van der Waals surface area contributed by atoms with E-state index in [0.717, 1.165) is 0 Å². The highest BCUT2D eigenvalue weighted by Crippen LogP contribution is 2.46. The summed E-state index contributed by atoms with van der Waals surface area (Å²) in [6.45, 7) is 3.37. The van der Waals surface area contributed by atoms with Crippen molar-refractivity contribution in [3.8, 4) is 0 Å². The van der Waals surface area contributed by atoms with Crippen LogP contribution in [0, 0.1) is 6.92 Å². The highest BCUT2D eigenvalue weighted by atomic mass is 32.2. The average molecular weight is 296 g/mol. The first-order chi connectivity index (χ1) is 9.12. The number of hydrogen-bond donors (Lipinski definition) is 0. The predicted molar refractivity (Wildman–Crippen MR) is 90.4 cm³/mol. The molecule has 0 saturated carbocycles. The molecule has 1 saturated heterocycles. The summed E-state index contributed by atoms with van der Waals surface area (Å²) in [6, 6.07) is 9.24. The van der Waals surface area contributed by atoms with Gasteiger partial charge in [-0.05, 0) is 46.0 Å². The largest absolute Gasteiger partial charge is 0.309 e. The number of hydrogen-bond acceptors (Lipinski definition) is 3. The molecule has 0 amide bonds. The van der Waals surface area contributed by atoms with E-state index in [1.54, 1.807) is 0 Å². The van der Waals surface area contributed by atoms with Gasteiger partial charge in [-0.15, -0.1) is 11.8 Å². The minimum absolute atomic E-state index is 0.354. The Labute approximate surface area is 126 Å². The van der Waals surface area contributed by atoms with Crippen LogP contribution in [0.25, 0.3) is 0 Å². The smallest absolute Gasteiger partial charge is 0.0499 e. The van der Waals surface area contributed by atoms with Crippen molar-refractivity contribution in [3.05, 3.63) is 35.4 Å². The molecule has 1 atom stereocenters. The molecular formula is C16H25NS2. The summed E-state index contributed by atoms with van der Waals surface area (Å²) in [5, 5.41) is 0. The van der Waals surface area contributed by atoms with Gasteiger partial charge in [-0.2, -0.15) is 11.8 Å². The van der Waals surface area contributed by atoms with Crippen LogP contribution in [0.4, 0.5) is 0 Å². The summed E-state index contributed by atoms with van der Waals surface area (Å²) >= 11 is 4.31. The van der Waals surface area contributed by atoms with Crippen molar-refractivity contribution in [1.29, 1.82) is 0 Å². The molecule has 1 aromatic rings. The molecule has 19 heavy (non-hydrogen) atoms. The summed E-state index contributed by atoms with van der Waals surface area (Å²) in [6.07, 6.45) is 2.58. The van der Waals surface area contributed by atoms with Gasteiger partial charge in [0.15, 0.2) is 0 Å².